The first-order valence-electron chi connectivity index (χ1n) is 4.38. The molecule has 0 unspecified atom stereocenters. The highest BCUT2D eigenvalue weighted by Crippen LogP contribution is 2.02. The van der Waals surface area contributed by atoms with Crippen LogP contribution >= 0.6 is 0 Å². The molecular formula is C9H21NO. The minimum Gasteiger partial charge on any atom is -0.324 e. The van der Waals surface area contributed by atoms with E-state index >= 15 is 0 Å². The Kier molecular flexibility index (Phi) is 11.6. The van der Waals surface area contributed by atoms with Crippen molar-refractivity contribution in [2.45, 2.75) is 40.5 Å². The highest BCUT2D eigenvalue weighted by atomic mass is 16.1. The fourth-order valence-electron chi connectivity index (χ4n) is 0.552. The van der Waals surface area contributed by atoms with Crippen molar-refractivity contribution < 1.29 is 4.79 Å². The molecule has 0 aliphatic heterocycles. The van der Waals surface area contributed by atoms with Gasteiger partial charge in [-0.3, -0.25) is 4.79 Å². The average Bonchev–Trinajstić information content (AvgIpc) is 2.04. The van der Waals surface area contributed by atoms with Crippen molar-refractivity contribution in [3.05, 3.63) is 0 Å². The van der Waals surface area contributed by atoms with E-state index in [2.05, 4.69) is 13.8 Å². The van der Waals surface area contributed by atoms with Gasteiger partial charge >= 0.3 is 0 Å². The summed E-state index contributed by atoms with van der Waals surface area (Å²) in [4.78, 5) is 10.6. The zero-order valence-electron chi connectivity index (χ0n) is 8.18. The molecule has 0 saturated carbocycles. The summed E-state index contributed by atoms with van der Waals surface area (Å²) in [7, 11) is 0. The average molecular weight is 159 g/mol. The fraction of sp³-hybridized carbons (Fsp3) is 0.889. The minimum atomic E-state index is 0.170. The largest absolute Gasteiger partial charge is 0.324 e. The molecule has 0 amide bonds. The van der Waals surface area contributed by atoms with Gasteiger partial charge < -0.3 is 5.73 Å². The molecule has 0 saturated heterocycles. The van der Waals surface area contributed by atoms with Crippen molar-refractivity contribution >= 4 is 5.78 Å². The number of rotatable bonds is 4. The van der Waals surface area contributed by atoms with E-state index in [4.69, 9.17) is 5.73 Å². The van der Waals surface area contributed by atoms with Crippen LogP contribution in [0.5, 0.6) is 0 Å². The number of carbonyl (C=O) groups excluding carboxylic acids is 1. The van der Waals surface area contributed by atoms with Crippen LogP contribution in [-0.4, -0.2) is 12.3 Å². The third kappa shape index (κ3) is 12.8. The predicted octanol–water partition coefficient (Wildman–Crippen LogP) is 1.98. The van der Waals surface area contributed by atoms with Crippen LogP contribution in [0.4, 0.5) is 0 Å². The van der Waals surface area contributed by atoms with Crippen LogP contribution in [0, 0.1) is 5.92 Å². The van der Waals surface area contributed by atoms with Gasteiger partial charge in [0, 0.05) is 6.42 Å². The Morgan fingerprint density at radius 2 is 1.82 bits per heavy atom. The molecule has 0 aromatic rings. The quantitative estimate of drug-likeness (QED) is 0.681. The molecule has 0 radical (unpaired) electrons. The van der Waals surface area contributed by atoms with Gasteiger partial charge in [0.15, 0.2) is 0 Å². The van der Waals surface area contributed by atoms with E-state index in [1.54, 1.807) is 0 Å². The Bertz CT molecular complexity index is 89.6. The SMILES string of the molecule is CC.CC(C)CCC(=O)CN. The third-order valence-corrected chi connectivity index (χ3v) is 1.23. The Morgan fingerprint density at radius 1 is 1.36 bits per heavy atom. The third-order valence-electron chi connectivity index (χ3n) is 1.23. The Hall–Kier alpha value is -0.370. The first kappa shape index (κ1) is 13.2. The molecule has 11 heavy (non-hydrogen) atoms. The second-order valence-electron chi connectivity index (χ2n) is 2.68. The molecule has 0 spiro atoms. The molecular weight excluding hydrogens is 138 g/mol. The molecule has 2 heteroatoms. The van der Waals surface area contributed by atoms with Crippen molar-refractivity contribution in [2.75, 3.05) is 6.54 Å². The molecule has 0 aromatic heterocycles. The van der Waals surface area contributed by atoms with Crippen molar-refractivity contribution in [3.63, 3.8) is 0 Å². The summed E-state index contributed by atoms with van der Waals surface area (Å²) in [5.41, 5.74) is 5.11. The lowest BCUT2D eigenvalue weighted by Crippen LogP contribution is -2.13. The number of nitrogens with two attached hydrogens (primary N) is 1. The molecule has 0 rings (SSSR count). The molecule has 0 atom stereocenters. The molecule has 0 aromatic carbocycles. The molecule has 0 heterocycles. The van der Waals surface area contributed by atoms with Gasteiger partial charge in [-0.25, -0.2) is 0 Å². The number of Topliss-reactive ketones (excluding diaryl/α,β-unsaturated/α-hetero) is 1. The van der Waals surface area contributed by atoms with Crippen LogP contribution in [0.15, 0.2) is 0 Å². The molecule has 68 valence electrons. The lowest BCUT2D eigenvalue weighted by Gasteiger charge is -2.00. The van der Waals surface area contributed by atoms with Crippen LogP contribution in [0.1, 0.15) is 40.5 Å². The Morgan fingerprint density at radius 3 is 2.09 bits per heavy atom. The van der Waals surface area contributed by atoms with Gasteiger partial charge in [0.1, 0.15) is 5.78 Å². The monoisotopic (exact) mass is 159 g/mol. The number of hydrogen-bond donors (Lipinski definition) is 1. The lowest BCUT2D eigenvalue weighted by molar-refractivity contribution is -0.118. The minimum absolute atomic E-state index is 0.170. The maximum atomic E-state index is 10.6. The van der Waals surface area contributed by atoms with Gasteiger partial charge in [0.05, 0.1) is 6.54 Å². The second kappa shape index (κ2) is 9.63. The second-order valence-corrected chi connectivity index (χ2v) is 2.68. The van der Waals surface area contributed by atoms with E-state index in [0.717, 1.165) is 6.42 Å². The van der Waals surface area contributed by atoms with Crippen LogP contribution < -0.4 is 5.73 Å². The van der Waals surface area contributed by atoms with Crippen LogP contribution in [-0.2, 0) is 4.79 Å². The summed E-state index contributed by atoms with van der Waals surface area (Å²) < 4.78 is 0. The van der Waals surface area contributed by atoms with E-state index in [0.29, 0.717) is 12.3 Å². The number of ketones is 1. The topological polar surface area (TPSA) is 43.1 Å². The van der Waals surface area contributed by atoms with E-state index in [1.165, 1.54) is 0 Å². The Labute approximate surface area is 70.2 Å². The molecule has 0 fully saturated rings. The van der Waals surface area contributed by atoms with Gasteiger partial charge in [0.2, 0.25) is 0 Å². The van der Waals surface area contributed by atoms with Gasteiger partial charge in [-0.15, -0.1) is 0 Å². The van der Waals surface area contributed by atoms with Crippen molar-refractivity contribution in [1.29, 1.82) is 0 Å². The maximum Gasteiger partial charge on any atom is 0.146 e. The summed E-state index contributed by atoms with van der Waals surface area (Å²) >= 11 is 0. The van der Waals surface area contributed by atoms with Gasteiger partial charge in [-0.05, 0) is 12.3 Å². The first-order valence-corrected chi connectivity index (χ1v) is 4.38. The first-order chi connectivity index (χ1) is 5.16. The standard InChI is InChI=1S/C7H15NO.C2H6/c1-6(2)3-4-7(9)5-8;1-2/h6H,3-5,8H2,1-2H3;1-2H3. The molecule has 2 nitrogen and oxygen atoms in total. The molecule has 0 aliphatic rings. The van der Waals surface area contributed by atoms with E-state index in [-0.39, 0.29) is 12.3 Å². The highest BCUT2D eigenvalue weighted by molar-refractivity contribution is 5.80. The Balaban J connectivity index is 0. The number of hydrogen-bond acceptors (Lipinski definition) is 2. The zero-order valence-corrected chi connectivity index (χ0v) is 8.18. The summed E-state index contributed by atoms with van der Waals surface area (Å²) in [5, 5.41) is 0. The van der Waals surface area contributed by atoms with Crippen LogP contribution in [0.2, 0.25) is 0 Å². The summed E-state index contributed by atoms with van der Waals surface area (Å²) in [6, 6.07) is 0. The van der Waals surface area contributed by atoms with Crippen LogP contribution in [0.25, 0.3) is 0 Å². The molecule has 0 aliphatic carbocycles. The van der Waals surface area contributed by atoms with Crippen molar-refractivity contribution in [3.8, 4) is 0 Å². The summed E-state index contributed by atoms with van der Waals surface area (Å²) in [6.07, 6.45) is 1.62. The van der Waals surface area contributed by atoms with Gasteiger partial charge in [0.25, 0.3) is 0 Å². The van der Waals surface area contributed by atoms with Gasteiger partial charge in [-0.2, -0.15) is 0 Å². The van der Waals surface area contributed by atoms with Crippen LogP contribution in [0.3, 0.4) is 0 Å². The number of carbonyl (C=O) groups is 1. The molecule has 2 N–H and O–H groups in total. The van der Waals surface area contributed by atoms with Gasteiger partial charge in [-0.1, -0.05) is 27.7 Å². The maximum absolute atomic E-state index is 10.6. The lowest BCUT2D eigenvalue weighted by atomic mass is 10.1. The zero-order chi connectivity index (χ0) is 9.28. The molecule has 0 bridgehead atoms. The summed E-state index contributed by atoms with van der Waals surface area (Å²) in [6.45, 7) is 8.40. The smallest absolute Gasteiger partial charge is 0.146 e. The highest BCUT2D eigenvalue weighted by Gasteiger charge is 1.99. The van der Waals surface area contributed by atoms with E-state index in [9.17, 15) is 4.79 Å². The predicted molar refractivity (Wildman–Crippen MR) is 49.5 cm³/mol. The normalized spacial score (nSPS) is 8.91. The fourth-order valence-corrected chi connectivity index (χ4v) is 0.552. The van der Waals surface area contributed by atoms with E-state index < -0.39 is 0 Å². The van der Waals surface area contributed by atoms with Crippen molar-refractivity contribution in [1.82, 2.24) is 0 Å². The van der Waals surface area contributed by atoms with E-state index in [1.807, 2.05) is 13.8 Å². The van der Waals surface area contributed by atoms with Crippen molar-refractivity contribution in [2.24, 2.45) is 11.7 Å². The summed E-state index contributed by atoms with van der Waals surface area (Å²) in [5.74, 6) is 0.782.